The lowest BCUT2D eigenvalue weighted by atomic mass is 10.2. The Morgan fingerprint density at radius 2 is 2.07 bits per heavy atom. The summed E-state index contributed by atoms with van der Waals surface area (Å²) in [7, 11) is 0. The maximum absolute atomic E-state index is 13.7. The molecule has 0 saturated carbocycles. The fourth-order valence-corrected chi connectivity index (χ4v) is 2.34. The van der Waals surface area contributed by atoms with E-state index in [-0.39, 0.29) is 36.3 Å². The first-order valence-electron chi connectivity index (χ1n) is 7.75. The number of nitrogens with two attached hydrogens (primary N) is 1. The Kier molecular flexibility index (Phi) is 7.21. The van der Waals surface area contributed by atoms with Gasteiger partial charge in [-0.05, 0) is 35.5 Å². The average Bonchev–Trinajstić information content (AvgIpc) is 3.05. The van der Waals surface area contributed by atoms with Gasteiger partial charge in [-0.25, -0.2) is 9.37 Å². The van der Waals surface area contributed by atoms with Crippen molar-refractivity contribution in [2.45, 2.75) is 19.0 Å². The number of hydrogen-bond acceptors (Lipinski definition) is 7. The second-order valence-electron chi connectivity index (χ2n) is 5.59. The highest BCUT2D eigenvalue weighted by atomic mass is 35.5. The minimum absolute atomic E-state index is 0. The van der Waals surface area contributed by atoms with Gasteiger partial charge in [-0.1, -0.05) is 11.6 Å². The summed E-state index contributed by atoms with van der Waals surface area (Å²) in [6.07, 6.45) is 1.09. The van der Waals surface area contributed by atoms with Crippen LogP contribution in [0.5, 0.6) is 11.6 Å². The number of ether oxygens (including phenoxy) is 1. The third-order valence-corrected chi connectivity index (χ3v) is 3.60. The van der Waals surface area contributed by atoms with Gasteiger partial charge in [0.05, 0.1) is 18.0 Å². The number of rotatable bonds is 7. The third kappa shape index (κ3) is 5.59. The van der Waals surface area contributed by atoms with E-state index in [0.717, 1.165) is 6.07 Å². The van der Waals surface area contributed by atoms with Crippen molar-refractivity contribution in [2.24, 2.45) is 5.73 Å². The molecule has 3 N–H and O–H groups in total. The molecule has 0 spiro atoms. The lowest BCUT2D eigenvalue weighted by molar-refractivity contribution is -0.137. The fraction of sp³-hybridized carbons (Fsp3) is 0.188. The van der Waals surface area contributed by atoms with E-state index in [2.05, 4.69) is 20.4 Å². The molecule has 1 atom stereocenters. The maximum Gasteiger partial charge on any atom is 0.304 e. The van der Waals surface area contributed by atoms with E-state index >= 15 is 0 Å². The molecule has 0 bridgehead atoms. The van der Waals surface area contributed by atoms with Crippen LogP contribution >= 0.6 is 24.0 Å². The van der Waals surface area contributed by atoms with Crippen LogP contribution in [-0.4, -0.2) is 42.3 Å². The first kappa shape index (κ1) is 21.5. The highest BCUT2D eigenvalue weighted by Crippen LogP contribution is 2.25. The van der Waals surface area contributed by atoms with Crippen molar-refractivity contribution < 1.29 is 19.0 Å². The van der Waals surface area contributed by atoms with Gasteiger partial charge in [0, 0.05) is 17.8 Å². The van der Waals surface area contributed by atoms with Crippen molar-refractivity contribution >= 4 is 30.0 Å². The number of halogens is 3. The maximum atomic E-state index is 13.7. The smallest absolute Gasteiger partial charge is 0.304 e. The highest BCUT2D eigenvalue weighted by molar-refractivity contribution is 6.30. The third-order valence-electron chi connectivity index (χ3n) is 3.39. The van der Waals surface area contributed by atoms with Crippen LogP contribution in [0.15, 0.2) is 36.5 Å². The van der Waals surface area contributed by atoms with Gasteiger partial charge in [-0.2, -0.15) is 4.80 Å². The molecule has 148 valence electrons. The summed E-state index contributed by atoms with van der Waals surface area (Å²) < 4.78 is 19.1. The van der Waals surface area contributed by atoms with Crippen molar-refractivity contribution in [2.75, 3.05) is 0 Å². The number of tetrazole rings is 1. The van der Waals surface area contributed by atoms with Crippen LogP contribution in [0, 0.1) is 5.82 Å². The summed E-state index contributed by atoms with van der Waals surface area (Å²) in [5.74, 6) is -1.16. The predicted octanol–water partition coefficient (Wildman–Crippen LogP) is 2.54. The number of nitrogens with zero attached hydrogens (tertiary/aromatic N) is 5. The van der Waals surface area contributed by atoms with Gasteiger partial charge in [0.25, 0.3) is 5.88 Å². The number of carbonyl (C=O) groups is 1. The molecule has 0 fully saturated rings. The molecular formula is C16H15Cl2FN6O3. The Bertz CT molecular complexity index is 954. The Morgan fingerprint density at radius 3 is 2.71 bits per heavy atom. The number of hydrogen-bond donors (Lipinski definition) is 2. The fourth-order valence-electron chi connectivity index (χ4n) is 2.20. The largest absolute Gasteiger partial charge is 0.481 e. The minimum atomic E-state index is -0.995. The zero-order chi connectivity index (χ0) is 19.4. The van der Waals surface area contributed by atoms with Gasteiger partial charge < -0.3 is 15.6 Å². The Morgan fingerprint density at radius 1 is 1.36 bits per heavy atom. The number of carboxylic acid groups (broad SMARTS) is 1. The van der Waals surface area contributed by atoms with Gasteiger partial charge in [-0.15, -0.1) is 22.6 Å². The van der Waals surface area contributed by atoms with E-state index in [4.69, 9.17) is 27.2 Å². The standard InChI is InChI=1S/C16H14ClFN6O3.ClH/c17-10-5-13(18)16(20-7-10)27-12-3-1-9(2-4-12)15-21-23-24(22-15)8-11(19)6-14(25)26;/h1-5,7,11H,6,8,19H2,(H,25,26);1H/t11-;/m0./s1. The first-order chi connectivity index (χ1) is 12.9. The predicted molar refractivity (Wildman–Crippen MR) is 100 cm³/mol. The molecule has 3 rings (SSSR count). The molecule has 0 aliphatic rings. The summed E-state index contributed by atoms with van der Waals surface area (Å²) in [4.78, 5) is 15.7. The van der Waals surface area contributed by atoms with E-state index in [9.17, 15) is 9.18 Å². The Hall–Kier alpha value is -2.82. The van der Waals surface area contributed by atoms with Crippen molar-refractivity contribution in [1.82, 2.24) is 25.2 Å². The molecule has 2 heterocycles. The van der Waals surface area contributed by atoms with Crippen LogP contribution < -0.4 is 10.5 Å². The second-order valence-corrected chi connectivity index (χ2v) is 6.03. The Balaban J connectivity index is 0.00000280. The van der Waals surface area contributed by atoms with Gasteiger partial charge in [0.15, 0.2) is 5.82 Å². The number of benzene rings is 1. The molecule has 0 aliphatic carbocycles. The van der Waals surface area contributed by atoms with Crippen LogP contribution in [0.4, 0.5) is 4.39 Å². The summed E-state index contributed by atoms with van der Waals surface area (Å²) in [6, 6.07) is 7.02. The van der Waals surface area contributed by atoms with Crippen LogP contribution in [0.25, 0.3) is 11.4 Å². The van der Waals surface area contributed by atoms with E-state index < -0.39 is 17.8 Å². The SMILES string of the molecule is Cl.N[C@@H](CC(=O)O)Cn1nnc(-c2ccc(Oc3ncc(Cl)cc3F)cc2)n1. The van der Waals surface area contributed by atoms with Gasteiger partial charge in [0.1, 0.15) is 5.75 Å². The van der Waals surface area contributed by atoms with Crippen molar-refractivity contribution in [3.05, 3.63) is 47.4 Å². The molecule has 0 radical (unpaired) electrons. The first-order valence-corrected chi connectivity index (χ1v) is 8.13. The number of aromatic nitrogens is 5. The highest BCUT2D eigenvalue weighted by Gasteiger charge is 2.13. The normalized spacial score (nSPS) is 11.5. The van der Waals surface area contributed by atoms with Crippen molar-refractivity contribution in [1.29, 1.82) is 0 Å². The van der Waals surface area contributed by atoms with Gasteiger partial charge in [-0.3, -0.25) is 4.79 Å². The molecule has 0 amide bonds. The zero-order valence-corrected chi connectivity index (χ0v) is 15.8. The minimum Gasteiger partial charge on any atom is -0.481 e. The lowest BCUT2D eigenvalue weighted by Gasteiger charge is -2.06. The summed E-state index contributed by atoms with van der Waals surface area (Å²) in [6.45, 7) is 0.127. The number of carboxylic acids is 1. The molecule has 3 aromatic rings. The molecule has 0 aliphatic heterocycles. The lowest BCUT2D eigenvalue weighted by Crippen LogP contribution is -2.30. The molecule has 0 unspecified atom stereocenters. The van der Waals surface area contributed by atoms with Crippen LogP contribution in [-0.2, 0) is 11.3 Å². The van der Waals surface area contributed by atoms with Gasteiger partial charge >= 0.3 is 5.97 Å². The van der Waals surface area contributed by atoms with E-state index in [1.807, 2.05) is 0 Å². The summed E-state index contributed by atoms with van der Waals surface area (Å²) in [5.41, 5.74) is 6.34. The van der Waals surface area contributed by atoms with Crippen LogP contribution in [0.3, 0.4) is 0 Å². The average molecular weight is 429 g/mol. The monoisotopic (exact) mass is 428 g/mol. The summed E-state index contributed by atoms with van der Waals surface area (Å²) in [5, 5.41) is 20.8. The molecular weight excluding hydrogens is 414 g/mol. The van der Waals surface area contributed by atoms with Crippen molar-refractivity contribution in [3.8, 4) is 23.0 Å². The molecule has 12 heteroatoms. The van der Waals surface area contributed by atoms with E-state index in [1.165, 1.54) is 11.0 Å². The topological polar surface area (TPSA) is 129 Å². The molecule has 9 nitrogen and oxygen atoms in total. The number of aliphatic carboxylic acids is 1. The number of pyridine rings is 1. The van der Waals surface area contributed by atoms with Gasteiger partial charge in [0.2, 0.25) is 5.82 Å². The molecule has 28 heavy (non-hydrogen) atoms. The summed E-state index contributed by atoms with van der Waals surface area (Å²) >= 11 is 5.65. The van der Waals surface area contributed by atoms with Crippen LogP contribution in [0.1, 0.15) is 6.42 Å². The molecule has 0 saturated heterocycles. The zero-order valence-electron chi connectivity index (χ0n) is 14.2. The van der Waals surface area contributed by atoms with E-state index in [1.54, 1.807) is 24.3 Å². The quantitative estimate of drug-likeness (QED) is 0.586. The second kappa shape index (κ2) is 9.40. The molecule has 1 aromatic carbocycles. The van der Waals surface area contributed by atoms with E-state index in [0.29, 0.717) is 17.1 Å². The molecule has 2 aromatic heterocycles. The van der Waals surface area contributed by atoms with Crippen LogP contribution in [0.2, 0.25) is 5.02 Å². The van der Waals surface area contributed by atoms with Crippen molar-refractivity contribution in [3.63, 3.8) is 0 Å². The Labute approximate surface area is 169 Å².